The number of para-hydroxylation sites is 2. The van der Waals surface area contributed by atoms with Crippen molar-refractivity contribution >= 4 is 16.7 Å². The third-order valence-electron chi connectivity index (χ3n) is 3.46. The van der Waals surface area contributed by atoms with Crippen LogP contribution in [0.1, 0.15) is 18.3 Å². The molecule has 0 aliphatic rings. The minimum atomic E-state index is -0.273. The van der Waals surface area contributed by atoms with Gasteiger partial charge in [-0.2, -0.15) is 0 Å². The zero-order chi connectivity index (χ0) is 14.1. The van der Waals surface area contributed by atoms with Gasteiger partial charge in [-0.3, -0.25) is 0 Å². The van der Waals surface area contributed by atoms with E-state index in [1.54, 1.807) is 12.1 Å². The molecule has 0 radical (unpaired) electrons. The van der Waals surface area contributed by atoms with E-state index in [0.29, 0.717) is 17.8 Å². The molecule has 0 aliphatic heterocycles. The summed E-state index contributed by atoms with van der Waals surface area (Å²) in [6.07, 6.45) is 0.811. The van der Waals surface area contributed by atoms with Gasteiger partial charge in [0.05, 0.1) is 17.6 Å². The van der Waals surface area contributed by atoms with Gasteiger partial charge in [-0.15, -0.1) is 0 Å². The fourth-order valence-electron chi connectivity index (χ4n) is 2.43. The number of hydrogen-bond donors (Lipinski definition) is 1. The lowest BCUT2D eigenvalue weighted by atomic mass is 10.2. The fraction of sp³-hybridized carbons (Fsp3) is 0.188. The molecule has 1 heterocycles. The van der Waals surface area contributed by atoms with Crippen LogP contribution in [0.5, 0.6) is 0 Å². The van der Waals surface area contributed by atoms with E-state index in [1.807, 2.05) is 24.3 Å². The highest BCUT2D eigenvalue weighted by atomic mass is 19.1. The minimum Gasteiger partial charge on any atom is -0.399 e. The number of nitrogens with two attached hydrogens (primary N) is 1. The molecule has 4 heteroatoms. The predicted octanol–water partition coefficient (Wildman–Crippen LogP) is 3.37. The lowest BCUT2D eigenvalue weighted by Gasteiger charge is -2.09. The van der Waals surface area contributed by atoms with E-state index in [9.17, 15) is 4.39 Å². The summed E-state index contributed by atoms with van der Waals surface area (Å²) < 4.78 is 16.0. The number of hydrogen-bond acceptors (Lipinski definition) is 2. The lowest BCUT2D eigenvalue weighted by Crippen LogP contribution is -2.06. The van der Waals surface area contributed by atoms with Crippen LogP contribution in [0.15, 0.2) is 42.5 Å². The topological polar surface area (TPSA) is 43.8 Å². The van der Waals surface area contributed by atoms with Gasteiger partial charge in [-0.25, -0.2) is 9.37 Å². The Kier molecular flexibility index (Phi) is 3.14. The van der Waals surface area contributed by atoms with Crippen molar-refractivity contribution in [1.29, 1.82) is 0 Å². The first kappa shape index (κ1) is 12.7. The van der Waals surface area contributed by atoms with E-state index in [0.717, 1.165) is 23.3 Å². The molecule has 0 aliphatic carbocycles. The number of rotatable bonds is 3. The summed E-state index contributed by atoms with van der Waals surface area (Å²) in [5, 5.41) is 0. The number of aromatic nitrogens is 2. The number of imidazole rings is 1. The number of nitrogens with zero attached hydrogens (tertiary/aromatic N) is 2. The molecule has 20 heavy (non-hydrogen) atoms. The molecule has 0 bridgehead atoms. The Labute approximate surface area is 116 Å². The molecule has 0 amide bonds. The molecule has 0 spiro atoms. The van der Waals surface area contributed by atoms with Crippen molar-refractivity contribution in [3.05, 3.63) is 59.7 Å². The highest BCUT2D eigenvalue weighted by Gasteiger charge is 2.11. The van der Waals surface area contributed by atoms with Crippen LogP contribution >= 0.6 is 0 Å². The molecular weight excluding hydrogens is 253 g/mol. The van der Waals surface area contributed by atoms with Crippen LogP contribution in [0.2, 0.25) is 0 Å². The Bertz CT molecular complexity index is 762. The second-order valence-corrected chi connectivity index (χ2v) is 4.81. The first-order valence-corrected chi connectivity index (χ1v) is 6.67. The predicted molar refractivity (Wildman–Crippen MR) is 79.0 cm³/mol. The first-order valence-electron chi connectivity index (χ1n) is 6.67. The van der Waals surface area contributed by atoms with Crippen molar-refractivity contribution in [2.24, 2.45) is 0 Å². The maximum absolute atomic E-state index is 14.0. The summed E-state index contributed by atoms with van der Waals surface area (Å²) in [5.41, 5.74) is 8.63. The normalized spacial score (nSPS) is 11.1. The maximum atomic E-state index is 14.0. The highest BCUT2D eigenvalue weighted by molar-refractivity contribution is 5.76. The van der Waals surface area contributed by atoms with Gasteiger partial charge in [-0.05, 0) is 24.3 Å². The number of benzene rings is 2. The third-order valence-corrected chi connectivity index (χ3v) is 3.46. The highest BCUT2D eigenvalue weighted by Crippen LogP contribution is 2.20. The molecule has 0 atom stereocenters. The quantitative estimate of drug-likeness (QED) is 0.741. The van der Waals surface area contributed by atoms with Gasteiger partial charge < -0.3 is 10.3 Å². The largest absolute Gasteiger partial charge is 0.399 e. The van der Waals surface area contributed by atoms with Gasteiger partial charge in [-0.1, -0.05) is 25.1 Å². The van der Waals surface area contributed by atoms with Crippen molar-refractivity contribution < 1.29 is 4.39 Å². The van der Waals surface area contributed by atoms with Gasteiger partial charge >= 0.3 is 0 Å². The molecule has 2 N–H and O–H groups in total. The van der Waals surface area contributed by atoms with Crippen LogP contribution in [-0.4, -0.2) is 9.55 Å². The summed E-state index contributed by atoms with van der Waals surface area (Å²) in [6.45, 7) is 2.52. The van der Waals surface area contributed by atoms with Gasteiger partial charge in [0.1, 0.15) is 11.6 Å². The molecule has 1 aromatic heterocycles. The number of halogens is 1. The van der Waals surface area contributed by atoms with Crippen molar-refractivity contribution in [2.75, 3.05) is 5.73 Å². The second kappa shape index (κ2) is 4.96. The van der Waals surface area contributed by atoms with Crippen LogP contribution in [0, 0.1) is 5.82 Å². The second-order valence-electron chi connectivity index (χ2n) is 4.81. The van der Waals surface area contributed by atoms with Crippen molar-refractivity contribution in [1.82, 2.24) is 9.55 Å². The van der Waals surface area contributed by atoms with Crippen molar-refractivity contribution in [3.63, 3.8) is 0 Å². The SMILES string of the molecule is CCc1nc2ccccc2n1Cc1ccc(N)cc1F. The van der Waals surface area contributed by atoms with Crippen LogP contribution in [0.4, 0.5) is 10.1 Å². The number of anilines is 1. The molecule has 3 aromatic rings. The van der Waals surface area contributed by atoms with E-state index >= 15 is 0 Å². The van der Waals surface area contributed by atoms with Crippen LogP contribution < -0.4 is 5.73 Å². The van der Waals surface area contributed by atoms with Crippen LogP contribution in [0.25, 0.3) is 11.0 Å². The van der Waals surface area contributed by atoms with Gasteiger partial charge in [0, 0.05) is 17.7 Å². The van der Waals surface area contributed by atoms with Gasteiger partial charge in [0.15, 0.2) is 0 Å². The zero-order valence-corrected chi connectivity index (χ0v) is 11.3. The average molecular weight is 269 g/mol. The zero-order valence-electron chi connectivity index (χ0n) is 11.3. The van der Waals surface area contributed by atoms with E-state index in [2.05, 4.69) is 16.5 Å². The molecular formula is C16H16FN3. The summed E-state index contributed by atoms with van der Waals surface area (Å²) >= 11 is 0. The van der Waals surface area contributed by atoms with Crippen LogP contribution in [0.3, 0.4) is 0 Å². The number of nitrogen functional groups attached to an aromatic ring is 1. The molecule has 3 rings (SSSR count). The first-order chi connectivity index (χ1) is 9.69. The number of fused-ring (bicyclic) bond motifs is 1. The summed E-state index contributed by atoms with van der Waals surface area (Å²) in [4.78, 5) is 4.59. The van der Waals surface area contributed by atoms with E-state index in [1.165, 1.54) is 6.07 Å². The molecule has 3 nitrogen and oxygen atoms in total. The maximum Gasteiger partial charge on any atom is 0.130 e. The molecule has 102 valence electrons. The minimum absolute atomic E-state index is 0.273. The van der Waals surface area contributed by atoms with Crippen molar-refractivity contribution in [2.45, 2.75) is 19.9 Å². The third kappa shape index (κ3) is 2.13. The summed E-state index contributed by atoms with van der Waals surface area (Å²) in [5.74, 6) is 0.687. The molecule has 0 saturated heterocycles. The Morgan fingerprint density at radius 2 is 2.00 bits per heavy atom. The smallest absolute Gasteiger partial charge is 0.130 e. The molecule has 0 fully saturated rings. The molecule has 0 unspecified atom stereocenters. The van der Waals surface area contributed by atoms with Crippen molar-refractivity contribution in [3.8, 4) is 0 Å². The lowest BCUT2D eigenvalue weighted by molar-refractivity contribution is 0.598. The van der Waals surface area contributed by atoms with Gasteiger partial charge in [0.2, 0.25) is 0 Å². The standard InChI is InChI=1S/C16H16FN3/c1-2-16-19-14-5-3-4-6-15(14)20(16)10-11-7-8-12(18)9-13(11)17/h3-9H,2,10,18H2,1H3. The van der Waals surface area contributed by atoms with E-state index in [-0.39, 0.29) is 5.82 Å². The Morgan fingerprint density at radius 3 is 2.75 bits per heavy atom. The van der Waals surface area contributed by atoms with E-state index in [4.69, 9.17) is 5.73 Å². The summed E-state index contributed by atoms with van der Waals surface area (Å²) in [7, 11) is 0. The Balaban J connectivity index is 2.09. The summed E-state index contributed by atoms with van der Waals surface area (Å²) in [6, 6.07) is 12.7. The fourth-order valence-corrected chi connectivity index (χ4v) is 2.43. The Hall–Kier alpha value is -2.36. The molecule has 2 aromatic carbocycles. The van der Waals surface area contributed by atoms with Gasteiger partial charge in [0.25, 0.3) is 0 Å². The average Bonchev–Trinajstić information content (AvgIpc) is 2.80. The monoisotopic (exact) mass is 269 g/mol. The van der Waals surface area contributed by atoms with Crippen LogP contribution in [-0.2, 0) is 13.0 Å². The Morgan fingerprint density at radius 1 is 1.20 bits per heavy atom. The molecule has 0 saturated carbocycles. The number of aryl methyl sites for hydroxylation is 1. The van der Waals surface area contributed by atoms with E-state index < -0.39 is 0 Å².